The molecule has 2 amide bonds. The topological polar surface area (TPSA) is 114 Å². The fourth-order valence-corrected chi connectivity index (χ4v) is 4.40. The molecule has 0 bridgehead atoms. The van der Waals surface area contributed by atoms with E-state index in [1.165, 1.54) is 36.0 Å². The molecule has 40 heavy (non-hydrogen) atoms. The second kappa shape index (κ2) is 12.7. The van der Waals surface area contributed by atoms with E-state index in [1.807, 2.05) is 6.20 Å². The number of carbonyl (C=O) groups excluding carboxylic acids is 2. The van der Waals surface area contributed by atoms with Crippen LogP contribution in [0.15, 0.2) is 79.3 Å². The van der Waals surface area contributed by atoms with Crippen LogP contribution < -0.4 is 11.1 Å². The van der Waals surface area contributed by atoms with Crippen LogP contribution in [0, 0.1) is 17.5 Å². The van der Waals surface area contributed by atoms with E-state index in [4.69, 9.17) is 5.73 Å². The van der Waals surface area contributed by atoms with E-state index >= 15 is 0 Å². The quantitative estimate of drug-likeness (QED) is 0.226. The number of aryl methyl sites for hydroxylation is 1. The van der Waals surface area contributed by atoms with Crippen LogP contribution in [0.1, 0.15) is 40.3 Å². The summed E-state index contributed by atoms with van der Waals surface area (Å²) in [6.45, 7) is 2.06. The number of rotatable bonds is 8. The molecule has 0 aliphatic rings. The Bertz CT molecular complexity index is 1630. The highest BCUT2D eigenvalue weighted by Crippen LogP contribution is 2.29. The minimum absolute atomic E-state index is 0.0828. The molecular weight excluding hydrogens is 519 g/mol. The second-order valence-corrected chi connectivity index (χ2v) is 8.91. The summed E-state index contributed by atoms with van der Waals surface area (Å²) in [6, 6.07) is 14.0. The van der Waals surface area contributed by atoms with E-state index in [2.05, 4.69) is 27.2 Å². The number of nitrogens with zero attached hydrogens (tertiary/aromatic N) is 2. The molecule has 4 N–H and O–H groups in total. The average Bonchev–Trinajstić information content (AvgIpc) is 3.35. The van der Waals surface area contributed by atoms with Gasteiger partial charge in [-0.2, -0.15) is 0 Å². The molecule has 5 rings (SSSR count). The highest BCUT2D eigenvalue weighted by molar-refractivity contribution is 5.92. The first-order chi connectivity index (χ1) is 19.3. The molecule has 1 atom stereocenters. The number of benzene rings is 2. The summed E-state index contributed by atoms with van der Waals surface area (Å²) < 4.78 is 39.9. The number of nitrogens with one attached hydrogen (secondary N) is 2. The van der Waals surface area contributed by atoms with Crippen LogP contribution in [0.3, 0.4) is 0 Å². The van der Waals surface area contributed by atoms with E-state index in [1.54, 1.807) is 36.5 Å². The predicted molar refractivity (Wildman–Crippen MR) is 146 cm³/mol. The summed E-state index contributed by atoms with van der Waals surface area (Å²) in [4.78, 5) is 33.9. The zero-order valence-corrected chi connectivity index (χ0v) is 21.5. The molecule has 0 fully saturated rings. The number of hydrogen-bond donors (Lipinski definition) is 3. The first kappa shape index (κ1) is 28.0. The number of aromatic amines is 1. The van der Waals surface area contributed by atoms with Crippen molar-refractivity contribution in [3.8, 4) is 11.1 Å². The molecule has 7 nitrogen and oxygen atoms in total. The van der Waals surface area contributed by atoms with E-state index in [-0.39, 0.29) is 17.9 Å². The van der Waals surface area contributed by atoms with Crippen LogP contribution in [0.5, 0.6) is 0 Å². The fourth-order valence-electron chi connectivity index (χ4n) is 4.40. The van der Waals surface area contributed by atoms with Gasteiger partial charge in [0, 0.05) is 41.1 Å². The van der Waals surface area contributed by atoms with Crippen molar-refractivity contribution < 1.29 is 22.8 Å². The number of halogens is 3. The Morgan fingerprint density at radius 3 is 2.48 bits per heavy atom. The zero-order chi connectivity index (χ0) is 28.6. The van der Waals surface area contributed by atoms with Gasteiger partial charge in [0.15, 0.2) is 0 Å². The van der Waals surface area contributed by atoms with Gasteiger partial charge in [-0.05, 0) is 78.1 Å². The summed E-state index contributed by atoms with van der Waals surface area (Å²) in [5.41, 5.74) is 9.64. The van der Waals surface area contributed by atoms with Crippen molar-refractivity contribution >= 4 is 23.2 Å². The fraction of sp³-hybridized carbons (Fsp3) is 0.133. The minimum Gasteiger partial charge on any atom is -0.364 e. The molecule has 10 heteroatoms. The maximum Gasteiger partial charge on any atom is 0.267 e. The molecule has 0 aliphatic carbocycles. The van der Waals surface area contributed by atoms with Gasteiger partial charge in [-0.3, -0.25) is 19.6 Å². The Morgan fingerprint density at radius 1 is 1.00 bits per heavy atom. The molecule has 0 radical (unpaired) electrons. The van der Waals surface area contributed by atoms with Crippen LogP contribution in [-0.2, 0) is 17.6 Å². The van der Waals surface area contributed by atoms with Crippen molar-refractivity contribution in [1.29, 1.82) is 0 Å². The molecule has 2 aromatic carbocycles. The number of pyridine rings is 2. The van der Waals surface area contributed by atoms with Gasteiger partial charge >= 0.3 is 0 Å². The van der Waals surface area contributed by atoms with Crippen molar-refractivity contribution in [1.82, 2.24) is 20.3 Å². The summed E-state index contributed by atoms with van der Waals surface area (Å²) in [5.74, 6) is -2.26. The lowest BCUT2D eigenvalue weighted by atomic mass is 9.95. The van der Waals surface area contributed by atoms with Gasteiger partial charge in [-0.1, -0.05) is 13.0 Å². The third-order valence-electron chi connectivity index (χ3n) is 6.23. The van der Waals surface area contributed by atoms with Gasteiger partial charge in [0.1, 0.15) is 23.1 Å². The number of H-pyrrole nitrogens is 1. The second-order valence-electron chi connectivity index (χ2n) is 8.91. The number of hydrogen-bond acceptors (Lipinski definition) is 4. The summed E-state index contributed by atoms with van der Waals surface area (Å²) in [7, 11) is 0. The molecule has 3 heterocycles. The lowest BCUT2D eigenvalue weighted by Gasteiger charge is -2.19. The van der Waals surface area contributed by atoms with Crippen molar-refractivity contribution in [2.24, 2.45) is 5.73 Å². The van der Waals surface area contributed by atoms with Gasteiger partial charge < -0.3 is 16.0 Å². The van der Waals surface area contributed by atoms with Crippen LogP contribution in [0.4, 0.5) is 13.2 Å². The molecule has 0 saturated carbocycles. The third kappa shape index (κ3) is 6.71. The maximum absolute atomic E-state index is 13.5. The minimum atomic E-state index is -0.707. The highest BCUT2D eigenvalue weighted by Gasteiger charge is 2.19. The van der Waals surface area contributed by atoms with Gasteiger partial charge in [0.2, 0.25) is 6.41 Å². The van der Waals surface area contributed by atoms with Crippen molar-refractivity contribution in [3.63, 3.8) is 0 Å². The lowest BCUT2D eigenvalue weighted by molar-refractivity contribution is -0.110. The maximum atomic E-state index is 13.5. The van der Waals surface area contributed by atoms with Crippen molar-refractivity contribution in [2.75, 3.05) is 0 Å². The monoisotopic (exact) mass is 545 g/mol. The van der Waals surface area contributed by atoms with E-state index in [9.17, 15) is 22.8 Å². The van der Waals surface area contributed by atoms with Crippen molar-refractivity contribution in [3.05, 3.63) is 119 Å². The van der Waals surface area contributed by atoms with Crippen molar-refractivity contribution in [2.45, 2.75) is 25.8 Å². The van der Waals surface area contributed by atoms with Gasteiger partial charge in [0.25, 0.3) is 5.91 Å². The normalized spacial score (nSPS) is 11.4. The molecule has 3 aromatic heterocycles. The third-order valence-corrected chi connectivity index (χ3v) is 6.23. The Labute approximate surface area is 228 Å². The Balaban J connectivity index is 0.000000255. The van der Waals surface area contributed by atoms with Crippen LogP contribution in [0.25, 0.3) is 22.0 Å². The largest absolute Gasteiger partial charge is 0.364 e. The van der Waals surface area contributed by atoms with Gasteiger partial charge in [-0.15, -0.1) is 0 Å². The smallest absolute Gasteiger partial charge is 0.267 e. The summed E-state index contributed by atoms with van der Waals surface area (Å²) in [5, 5.41) is 3.64. The number of amides is 2. The zero-order valence-electron chi connectivity index (χ0n) is 21.5. The lowest BCUT2D eigenvalue weighted by Crippen LogP contribution is -2.23. The van der Waals surface area contributed by atoms with Gasteiger partial charge in [-0.25, -0.2) is 13.2 Å². The van der Waals surface area contributed by atoms with Crippen LogP contribution in [-0.4, -0.2) is 27.3 Å². The molecule has 1 unspecified atom stereocenters. The molecule has 204 valence electrons. The Hall–Kier alpha value is -4.99. The summed E-state index contributed by atoms with van der Waals surface area (Å²) in [6.07, 6.45) is 6.47. The average molecular weight is 546 g/mol. The molecule has 5 aromatic rings. The number of aromatic nitrogens is 3. The van der Waals surface area contributed by atoms with Crippen LogP contribution >= 0.6 is 0 Å². The number of primary amides is 1. The van der Waals surface area contributed by atoms with E-state index in [0.717, 1.165) is 23.4 Å². The Kier molecular flexibility index (Phi) is 8.90. The number of carbonyl (C=O) groups is 2. The molecule has 0 aliphatic heterocycles. The Morgan fingerprint density at radius 2 is 1.77 bits per heavy atom. The molecule has 0 saturated heterocycles. The number of nitrogens with two attached hydrogens (primary N) is 1. The summed E-state index contributed by atoms with van der Waals surface area (Å²) >= 11 is 0. The predicted octanol–water partition coefficient (Wildman–Crippen LogP) is 5.42. The SMILES string of the molecule is CCc1c[nH]c2ccc(F)cc12.NC(=O)c1cc(-c2cccnc2C(Cc2cc(F)cc(F)c2)NC=O)ccn1. The molecule has 0 spiro atoms. The van der Waals surface area contributed by atoms with Gasteiger partial charge in [0.05, 0.1) is 11.7 Å². The van der Waals surface area contributed by atoms with E-state index in [0.29, 0.717) is 28.8 Å². The number of fused-ring (bicyclic) bond motifs is 1. The first-order valence-corrected chi connectivity index (χ1v) is 12.4. The standard InChI is InChI=1S/C20H16F2N4O2.C10H10FN/c21-14-6-12(7-15(22)10-14)8-17(26-11-27)19-16(2-1-4-25-19)13-3-5-24-18(9-13)20(23)28;1-2-7-6-12-10-4-3-8(11)5-9(7)10/h1-7,9-11,17H,8H2,(H2,23,28)(H,26,27);3-6,12H,2H2,1H3. The first-order valence-electron chi connectivity index (χ1n) is 12.4. The highest BCUT2D eigenvalue weighted by atomic mass is 19.1. The molecular formula is C30H26F3N5O2. The van der Waals surface area contributed by atoms with Crippen LogP contribution in [0.2, 0.25) is 0 Å². The van der Waals surface area contributed by atoms with E-state index < -0.39 is 23.6 Å².